The molecule has 21 heavy (non-hydrogen) atoms. The number of nitrogens with one attached hydrogen (secondary N) is 2. The Labute approximate surface area is 129 Å². The molecule has 0 aromatic heterocycles. The molecular weight excluding hydrogens is 262 g/mol. The lowest BCUT2D eigenvalue weighted by Gasteiger charge is -2.37. The zero-order valence-electron chi connectivity index (χ0n) is 13.4. The van der Waals surface area contributed by atoms with Gasteiger partial charge in [-0.1, -0.05) is 19.8 Å². The molecular formula is C17H31N3O. The van der Waals surface area contributed by atoms with E-state index in [4.69, 9.17) is 0 Å². The molecule has 1 aliphatic carbocycles. The Balaban J connectivity index is 1.52. The molecule has 1 saturated carbocycles. The minimum Gasteiger partial charge on any atom is -0.352 e. The lowest BCUT2D eigenvalue weighted by molar-refractivity contribution is -0.123. The van der Waals surface area contributed by atoms with Gasteiger partial charge in [0.25, 0.3) is 0 Å². The van der Waals surface area contributed by atoms with E-state index in [2.05, 4.69) is 22.5 Å². The third-order valence-electron chi connectivity index (χ3n) is 5.54. The van der Waals surface area contributed by atoms with Crippen LogP contribution in [0, 0.1) is 0 Å². The van der Waals surface area contributed by atoms with Crippen molar-refractivity contribution in [1.29, 1.82) is 0 Å². The van der Waals surface area contributed by atoms with Gasteiger partial charge in [-0.15, -0.1) is 0 Å². The van der Waals surface area contributed by atoms with Crippen LogP contribution in [0.1, 0.15) is 64.7 Å². The van der Waals surface area contributed by atoms with Gasteiger partial charge in [0.15, 0.2) is 0 Å². The van der Waals surface area contributed by atoms with Crippen molar-refractivity contribution >= 4 is 5.91 Å². The Morgan fingerprint density at radius 1 is 1.14 bits per heavy atom. The quantitative estimate of drug-likeness (QED) is 0.788. The average molecular weight is 293 g/mol. The number of carbonyl (C=O) groups excluding carboxylic acids is 1. The van der Waals surface area contributed by atoms with Crippen molar-refractivity contribution < 1.29 is 4.79 Å². The molecule has 4 nitrogen and oxygen atoms in total. The number of amides is 1. The molecule has 0 aromatic rings. The first-order valence-corrected chi connectivity index (χ1v) is 9.04. The highest BCUT2D eigenvalue weighted by Gasteiger charge is 2.36. The zero-order chi connectivity index (χ0) is 14.7. The molecule has 120 valence electrons. The molecule has 2 heterocycles. The molecule has 2 saturated heterocycles. The van der Waals surface area contributed by atoms with Gasteiger partial charge >= 0.3 is 0 Å². The number of hydrogen-bond acceptors (Lipinski definition) is 3. The zero-order valence-corrected chi connectivity index (χ0v) is 13.4. The standard InChI is InChI=1S/C17H31N3O/c1-2-9-20(12-17(21)19-13-5-3-4-6-13)16-10-14-7-8-15(11-16)18-14/h13-16,18H,2-12H2,1H3,(H,19,21). The molecule has 0 aromatic carbocycles. The fourth-order valence-electron chi connectivity index (χ4n) is 4.53. The highest BCUT2D eigenvalue weighted by molar-refractivity contribution is 5.78. The molecule has 2 atom stereocenters. The summed E-state index contributed by atoms with van der Waals surface area (Å²) in [4.78, 5) is 14.8. The Morgan fingerprint density at radius 3 is 2.43 bits per heavy atom. The van der Waals surface area contributed by atoms with Crippen molar-refractivity contribution in [3.05, 3.63) is 0 Å². The minimum atomic E-state index is 0.251. The molecule has 4 heteroatoms. The predicted octanol–water partition coefficient (Wildman–Crippen LogP) is 2.04. The lowest BCUT2D eigenvalue weighted by Crippen LogP contribution is -2.51. The summed E-state index contributed by atoms with van der Waals surface area (Å²) in [7, 11) is 0. The summed E-state index contributed by atoms with van der Waals surface area (Å²) in [5, 5.41) is 6.95. The van der Waals surface area contributed by atoms with E-state index < -0.39 is 0 Å². The monoisotopic (exact) mass is 293 g/mol. The van der Waals surface area contributed by atoms with Crippen molar-refractivity contribution in [3.63, 3.8) is 0 Å². The smallest absolute Gasteiger partial charge is 0.234 e. The maximum Gasteiger partial charge on any atom is 0.234 e. The van der Waals surface area contributed by atoms with Crippen LogP contribution in [0.5, 0.6) is 0 Å². The highest BCUT2D eigenvalue weighted by Crippen LogP contribution is 2.29. The van der Waals surface area contributed by atoms with E-state index in [-0.39, 0.29) is 5.91 Å². The van der Waals surface area contributed by atoms with Gasteiger partial charge < -0.3 is 10.6 Å². The first-order chi connectivity index (χ1) is 10.2. The van der Waals surface area contributed by atoms with Gasteiger partial charge in [-0.2, -0.15) is 0 Å². The van der Waals surface area contributed by atoms with E-state index in [1.165, 1.54) is 51.4 Å². The molecule has 3 aliphatic rings. The summed E-state index contributed by atoms with van der Waals surface area (Å²) >= 11 is 0. The predicted molar refractivity (Wildman–Crippen MR) is 85.2 cm³/mol. The van der Waals surface area contributed by atoms with Gasteiger partial charge in [0.2, 0.25) is 5.91 Å². The van der Waals surface area contributed by atoms with Crippen LogP contribution in [0.4, 0.5) is 0 Å². The number of carbonyl (C=O) groups is 1. The first-order valence-electron chi connectivity index (χ1n) is 9.04. The van der Waals surface area contributed by atoms with Crippen molar-refractivity contribution in [2.24, 2.45) is 0 Å². The van der Waals surface area contributed by atoms with E-state index in [1.54, 1.807) is 0 Å². The maximum atomic E-state index is 12.3. The van der Waals surface area contributed by atoms with Crippen LogP contribution >= 0.6 is 0 Å². The van der Waals surface area contributed by atoms with E-state index in [1.807, 2.05) is 0 Å². The van der Waals surface area contributed by atoms with Gasteiger partial charge in [0.05, 0.1) is 6.54 Å². The number of hydrogen-bond donors (Lipinski definition) is 2. The molecule has 3 rings (SSSR count). The first kappa shape index (κ1) is 15.3. The third kappa shape index (κ3) is 3.98. The SMILES string of the molecule is CCCN(CC(=O)NC1CCCC1)C1CC2CCC(C1)N2. The van der Waals surface area contributed by atoms with E-state index in [0.29, 0.717) is 30.7 Å². The van der Waals surface area contributed by atoms with E-state index in [9.17, 15) is 4.79 Å². The van der Waals surface area contributed by atoms with Crippen LogP contribution in [0.3, 0.4) is 0 Å². The molecule has 2 N–H and O–H groups in total. The summed E-state index contributed by atoms with van der Waals surface area (Å²) in [5.41, 5.74) is 0. The summed E-state index contributed by atoms with van der Waals surface area (Å²) < 4.78 is 0. The Morgan fingerprint density at radius 2 is 1.81 bits per heavy atom. The van der Waals surface area contributed by atoms with Crippen LogP contribution in [0.25, 0.3) is 0 Å². The summed E-state index contributed by atoms with van der Waals surface area (Å²) in [6, 6.07) is 2.46. The van der Waals surface area contributed by atoms with Crippen LogP contribution in [-0.4, -0.2) is 48.1 Å². The summed E-state index contributed by atoms with van der Waals surface area (Å²) in [6.45, 7) is 3.88. The minimum absolute atomic E-state index is 0.251. The molecule has 0 radical (unpaired) electrons. The number of rotatable bonds is 6. The van der Waals surface area contributed by atoms with E-state index in [0.717, 1.165) is 13.0 Å². The van der Waals surface area contributed by atoms with E-state index >= 15 is 0 Å². The maximum absolute atomic E-state index is 12.3. The Hall–Kier alpha value is -0.610. The topological polar surface area (TPSA) is 44.4 Å². The van der Waals surface area contributed by atoms with Gasteiger partial charge in [-0.3, -0.25) is 9.69 Å². The van der Waals surface area contributed by atoms with Crippen molar-refractivity contribution in [1.82, 2.24) is 15.5 Å². The fourth-order valence-corrected chi connectivity index (χ4v) is 4.53. The second-order valence-corrected chi connectivity index (χ2v) is 7.28. The average Bonchev–Trinajstić information content (AvgIpc) is 3.08. The second-order valence-electron chi connectivity index (χ2n) is 7.28. The van der Waals surface area contributed by atoms with Crippen LogP contribution in [-0.2, 0) is 4.79 Å². The van der Waals surface area contributed by atoms with Gasteiger partial charge in [-0.05, 0) is 51.5 Å². The van der Waals surface area contributed by atoms with Gasteiger partial charge in [-0.25, -0.2) is 0 Å². The van der Waals surface area contributed by atoms with Crippen LogP contribution < -0.4 is 10.6 Å². The number of fused-ring (bicyclic) bond motifs is 2. The number of nitrogens with zero attached hydrogens (tertiary/aromatic N) is 1. The molecule has 0 spiro atoms. The third-order valence-corrected chi connectivity index (χ3v) is 5.54. The molecule has 3 fully saturated rings. The second kappa shape index (κ2) is 7.10. The molecule has 2 bridgehead atoms. The van der Waals surface area contributed by atoms with Crippen molar-refractivity contribution in [3.8, 4) is 0 Å². The van der Waals surface area contributed by atoms with Crippen molar-refractivity contribution in [2.45, 2.75) is 88.9 Å². The van der Waals surface area contributed by atoms with Gasteiger partial charge in [0.1, 0.15) is 0 Å². The van der Waals surface area contributed by atoms with Gasteiger partial charge in [0, 0.05) is 24.2 Å². The largest absolute Gasteiger partial charge is 0.352 e. The number of piperidine rings is 1. The molecule has 1 amide bonds. The molecule has 2 aliphatic heterocycles. The van der Waals surface area contributed by atoms with Crippen molar-refractivity contribution in [2.75, 3.05) is 13.1 Å². The van der Waals surface area contributed by atoms with Crippen LogP contribution in [0.15, 0.2) is 0 Å². The Bertz CT molecular complexity index is 342. The summed E-state index contributed by atoms with van der Waals surface area (Å²) in [5.74, 6) is 0.251. The normalized spacial score (nSPS) is 32.8. The van der Waals surface area contributed by atoms with Crippen LogP contribution in [0.2, 0.25) is 0 Å². The lowest BCUT2D eigenvalue weighted by atomic mass is 9.98. The Kier molecular flexibility index (Phi) is 5.17. The highest BCUT2D eigenvalue weighted by atomic mass is 16.2. The molecule has 2 unspecified atom stereocenters. The fraction of sp³-hybridized carbons (Fsp3) is 0.941. The summed E-state index contributed by atoms with van der Waals surface area (Å²) in [6.07, 6.45) is 11.2.